The number of amides is 2. The first-order valence-electron chi connectivity index (χ1n) is 17.1. The van der Waals surface area contributed by atoms with Crippen LogP contribution in [0.25, 0.3) is 0 Å². The summed E-state index contributed by atoms with van der Waals surface area (Å²) in [7, 11) is 5.27. The molecule has 0 aliphatic carbocycles. The van der Waals surface area contributed by atoms with Crippen molar-refractivity contribution in [3.8, 4) is 34.8 Å². The van der Waals surface area contributed by atoms with E-state index in [-0.39, 0.29) is 56.7 Å². The summed E-state index contributed by atoms with van der Waals surface area (Å²) in [6, 6.07) is 9.60. The number of fused-ring (bicyclic) bond motifs is 10. The van der Waals surface area contributed by atoms with E-state index in [1.54, 1.807) is 44.6 Å². The smallest absolute Gasteiger partial charge is 0.261 e. The van der Waals surface area contributed by atoms with E-state index in [9.17, 15) is 14.9 Å². The van der Waals surface area contributed by atoms with Gasteiger partial charge in [0.25, 0.3) is 11.8 Å². The number of nitrogens with zero attached hydrogens (tertiary/aromatic N) is 4. The number of imide groups is 1. The Bertz CT molecular complexity index is 1990. The number of hydrogen-bond donors (Lipinski definition) is 0. The molecule has 8 rings (SSSR count). The van der Waals surface area contributed by atoms with Gasteiger partial charge in [-0.2, -0.15) is 5.26 Å². The lowest BCUT2D eigenvalue weighted by Gasteiger charge is -2.60. The Kier molecular flexibility index (Phi) is 8.17. The van der Waals surface area contributed by atoms with Gasteiger partial charge in [0.15, 0.2) is 29.8 Å². The predicted molar refractivity (Wildman–Crippen MR) is 185 cm³/mol. The maximum absolute atomic E-state index is 13.9. The Morgan fingerprint density at radius 3 is 2.37 bits per heavy atom. The van der Waals surface area contributed by atoms with Gasteiger partial charge in [0.2, 0.25) is 6.79 Å². The molecule has 2 unspecified atom stereocenters. The third kappa shape index (κ3) is 4.75. The molecule has 0 radical (unpaired) electrons. The Morgan fingerprint density at radius 2 is 1.71 bits per heavy atom. The van der Waals surface area contributed by atoms with E-state index in [2.05, 4.69) is 35.6 Å². The summed E-state index contributed by atoms with van der Waals surface area (Å²) in [6.45, 7) is 8.10. The van der Waals surface area contributed by atoms with Gasteiger partial charge in [-0.3, -0.25) is 24.3 Å². The van der Waals surface area contributed by atoms with Crippen LogP contribution in [0.2, 0.25) is 0 Å². The second-order valence-corrected chi connectivity index (χ2v) is 13.6. The fourth-order valence-corrected chi connectivity index (χ4v) is 9.16. The average Bonchev–Trinajstić information content (AvgIpc) is 3.71. The minimum absolute atomic E-state index is 0.00590. The first-order chi connectivity index (χ1) is 24.7. The normalized spacial score (nSPS) is 24.3. The molecule has 0 aromatic heterocycles. The second-order valence-electron chi connectivity index (χ2n) is 13.6. The van der Waals surface area contributed by atoms with Crippen LogP contribution in [0.5, 0.6) is 28.7 Å². The zero-order valence-corrected chi connectivity index (χ0v) is 29.4. The van der Waals surface area contributed by atoms with Gasteiger partial charge in [-0.05, 0) is 57.0 Å². The molecule has 1 saturated heterocycles. The Labute approximate surface area is 296 Å². The van der Waals surface area contributed by atoms with Gasteiger partial charge in [0.1, 0.15) is 18.4 Å². The molecule has 264 valence electrons. The van der Waals surface area contributed by atoms with Gasteiger partial charge in [-0.1, -0.05) is 30.9 Å². The quantitative estimate of drug-likeness (QED) is 0.177. The number of aryl methyl sites for hydroxylation is 1. The minimum atomic E-state index is -0.635. The molecule has 2 amide bonds. The van der Waals surface area contributed by atoms with Crippen LogP contribution in [-0.2, 0) is 17.6 Å². The monoisotopic (exact) mass is 692 g/mol. The largest absolute Gasteiger partial charge is 0.493 e. The second kappa shape index (κ2) is 12.6. The maximum Gasteiger partial charge on any atom is 0.261 e. The van der Waals surface area contributed by atoms with E-state index >= 15 is 0 Å². The number of benzene rings is 3. The van der Waals surface area contributed by atoms with Crippen LogP contribution in [0, 0.1) is 25.2 Å². The van der Waals surface area contributed by atoms with Gasteiger partial charge in [0, 0.05) is 48.0 Å². The van der Waals surface area contributed by atoms with Crippen LogP contribution in [0.3, 0.4) is 0 Å². The molecule has 1 fully saturated rings. The Balaban J connectivity index is 1.37. The van der Waals surface area contributed by atoms with Gasteiger partial charge >= 0.3 is 0 Å². The molecule has 3 aromatic rings. The summed E-state index contributed by atoms with van der Waals surface area (Å²) in [4.78, 5) is 33.7. The van der Waals surface area contributed by atoms with Crippen LogP contribution >= 0.6 is 0 Å². The number of likely N-dealkylation sites (N-methyl/N-ethyl adjacent to an activating group) is 1. The molecule has 0 spiro atoms. The molecule has 5 heterocycles. The third-order valence-corrected chi connectivity index (χ3v) is 11.1. The van der Waals surface area contributed by atoms with Crippen LogP contribution in [0.1, 0.15) is 66.2 Å². The fraction of sp³-hybridized carbons (Fsp3) is 0.410. The first kappa shape index (κ1) is 33.1. The van der Waals surface area contributed by atoms with Gasteiger partial charge in [-0.15, -0.1) is 0 Å². The molecule has 12 heteroatoms. The van der Waals surface area contributed by atoms with E-state index in [1.165, 1.54) is 4.90 Å². The number of ether oxygens (including phenoxy) is 6. The molecule has 0 saturated carbocycles. The Morgan fingerprint density at radius 1 is 0.980 bits per heavy atom. The molecule has 5 aliphatic rings. The minimum Gasteiger partial charge on any atom is -0.493 e. The van der Waals surface area contributed by atoms with Crippen LogP contribution in [-0.4, -0.2) is 92.6 Å². The molecule has 51 heavy (non-hydrogen) atoms. The first-order valence-corrected chi connectivity index (χ1v) is 17.1. The summed E-state index contributed by atoms with van der Waals surface area (Å²) in [5.74, 6) is 2.25. The van der Waals surface area contributed by atoms with Crippen LogP contribution < -0.4 is 23.7 Å². The maximum atomic E-state index is 13.9. The number of nitriles is 1. The third-order valence-electron chi connectivity index (χ3n) is 11.1. The van der Waals surface area contributed by atoms with E-state index in [4.69, 9.17) is 28.4 Å². The molecule has 2 bridgehead atoms. The van der Waals surface area contributed by atoms with E-state index in [0.717, 1.165) is 33.4 Å². The van der Waals surface area contributed by atoms with Crippen molar-refractivity contribution in [3.05, 3.63) is 87.5 Å². The van der Waals surface area contributed by atoms with Crippen molar-refractivity contribution in [1.82, 2.24) is 14.7 Å². The number of methoxy groups -OCH3 is 2. The summed E-state index contributed by atoms with van der Waals surface area (Å²) in [6.07, 6.45) is 2.74. The summed E-state index contributed by atoms with van der Waals surface area (Å²) >= 11 is 0. The number of hydrogen-bond acceptors (Lipinski definition) is 11. The molecular weight excluding hydrogens is 652 g/mol. The summed E-state index contributed by atoms with van der Waals surface area (Å²) in [5.41, 5.74) is 6.14. The highest BCUT2D eigenvalue weighted by atomic mass is 16.7. The SMILES string of the molecule is C=CCOc1c(C)c2c(c3c1CC1[C@H]4c5c(cc(C)c(OC)c5OCOC)C[C@@H](C(C#N)N1[C@H]3CN1C(=O)c3ccccc3C1=O)N4C)OCO2. The van der Waals surface area contributed by atoms with Crippen LogP contribution in [0.15, 0.2) is 43.0 Å². The van der Waals surface area contributed by atoms with Crippen molar-refractivity contribution in [1.29, 1.82) is 5.26 Å². The fourth-order valence-electron chi connectivity index (χ4n) is 9.16. The van der Waals surface area contributed by atoms with Crippen molar-refractivity contribution in [2.75, 3.05) is 48.0 Å². The number of carbonyl (C=O) groups is 2. The highest BCUT2D eigenvalue weighted by molar-refractivity contribution is 6.21. The highest BCUT2D eigenvalue weighted by Gasteiger charge is 2.57. The number of piperazine rings is 1. The van der Waals surface area contributed by atoms with Gasteiger partial charge in [0.05, 0.1) is 36.4 Å². The number of rotatable bonds is 9. The average molecular weight is 693 g/mol. The van der Waals surface area contributed by atoms with Gasteiger partial charge < -0.3 is 28.4 Å². The zero-order valence-electron chi connectivity index (χ0n) is 29.4. The van der Waals surface area contributed by atoms with Crippen molar-refractivity contribution in [2.24, 2.45) is 0 Å². The molecular formula is C39H40N4O8. The van der Waals surface area contributed by atoms with E-state index in [0.29, 0.717) is 52.7 Å². The van der Waals surface area contributed by atoms with Crippen molar-refractivity contribution in [3.63, 3.8) is 0 Å². The lowest BCUT2D eigenvalue weighted by molar-refractivity contribution is -0.0766. The molecule has 12 nitrogen and oxygen atoms in total. The van der Waals surface area contributed by atoms with E-state index in [1.807, 2.05) is 13.8 Å². The topological polar surface area (TPSA) is 123 Å². The zero-order chi connectivity index (χ0) is 35.7. The molecule has 3 aromatic carbocycles. The highest BCUT2D eigenvalue weighted by Crippen LogP contribution is 2.59. The summed E-state index contributed by atoms with van der Waals surface area (Å²) in [5, 5.41) is 11.1. The molecule has 5 atom stereocenters. The molecule has 0 N–H and O–H groups in total. The number of carbonyl (C=O) groups excluding carboxylic acids is 2. The van der Waals surface area contributed by atoms with Crippen molar-refractivity contribution >= 4 is 11.8 Å². The lowest BCUT2D eigenvalue weighted by Crippen LogP contribution is -2.69. The van der Waals surface area contributed by atoms with Crippen molar-refractivity contribution < 1.29 is 38.0 Å². The van der Waals surface area contributed by atoms with Crippen molar-refractivity contribution in [2.45, 2.75) is 56.9 Å². The molecule has 5 aliphatic heterocycles. The van der Waals surface area contributed by atoms with E-state index < -0.39 is 12.1 Å². The van der Waals surface area contributed by atoms with Crippen LogP contribution in [0.4, 0.5) is 0 Å². The predicted octanol–water partition coefficient (Wildman–Crippen LogP) is 4.66. The van der Waals surface area contributed by atoms with Gasteiger partial charge in [-0.25, -0.2) is 0 Å². The summed E-state index contributed by atoms with van der Waals surface area (Å²) < 4.78 is 36.3. The lowest BCUT2D eigenvalue weighted by atomic mass is 9.71. The Hall–Kier alpha value is -5.09. The standard InChI is InChI=1S/C39H40N4O8/c1-7-12-48-34-21(3)35-37(51-19-50-35)31-25(34)15-27-32-30-22(13-20(2)33(47-6)36(30)49-18-46-5)14-26(41(32)4)28(16-40)43(27)29(31)17-42-38(44)23-10-8-9-11-24(23)39(42)45/h7-11,13,26-29,32H,1,12,14-15,17-19H2,2-6H3/t26-,27?,28?,29-,32-/m0/s1.